The molecule has 0 bridgehead atoms. The minimum absolute atomic E-state index is 0.0896. The number of unbranched alkanes of at least 4 members (excludes halogenated alkanes) is 3. The predicted octanol–water partition coefficient (Wildman–Crippen LogP) is 3.78. The third-order valence-electron chi connectivity index (χ3n) is 4.30. The molecular weight excluding hydrogens is 448 g/mol. The molecule has 2 amide bonds. The Balaban J connectivity index is 1.41. The molecule has 2 rings (SSSR count). The van der Waals surface area contributed by atoms with Crippen LogP contribution in [0.4, 0.5) is 0 Å². The number of amides is 2. The van der Waals surface area contributed by atoms with Crippen molar-refractivity contribution in [2.75, 3.05) is 26.3 Å². The van der Waals surface area contributed by atoms with Gasteiger partial charge in [0.1, 0.15) is 0 Å². The van der Waals surface area contributed by atoms with Gasteiger partial charge in [-0.1, -0.05) is 35.3 Å². The first-order chi connectivity index (χ1) is 15.6. The van der Waals surface area contributed by atoms with Crippen molar-refractivity contribution in [2.24, 2.45) is 10.3 Å². The van der Waals surface area contributed by atoms with E-state index in [0.717, 1.165) is 46.9 Å². The molecule has 0 spiro atoms. The van der Waals surface area contributed by atoms with Crippen LogP contribution >= 0.6 is 22.7 Å². The Morgan fingerprint density at radius 3 is 1.59 bits per heavy atom. The maximum Gasteiger partial charge on any atom is 0.260 e. The van der Waals surface area contributed by atoms with E-state index in [1.807, 2.05) is 48.9 Å². The third-order valence-corrected chi connectivity index (χ3v) is 6.25. The quantitative estimate of drug-likeness (QED) is 0.231. The second-order valence-electron chi connectivity index (χ2n) is 6.97. The number of carbonyl (C=O) groups excluding carboxylic acids is 2. The van der Waals surface area contributed by atoms with Crippen molar-refractivity contribution in [3.05, 3.63) is 44.8 Å². The number of rotatable bonds is 15. The van der Waals surface area contributed by atoms with Gasteiger partial charge in [0.2, 0.25) is 0 Å². The molecule has 0 unspecified atom stereocenters. The Labute approximate surface area is 196 Å². The SMILES string of the molecule is CC(=NOCC(=O)NCCCCCCNC(=O)CON=C(C)c1cccs1)c1cccs1. The van der Waals surface area contributed by atoms with Gasteiger partial charge in [0, 0.05) is 13.1 Å². The van der Waals surface area contributed by atoms with Crippen LogP contribution in [-0.4, -0.2) is 49.5 Å². The Kier molecular flexibility index (Phi) is 12.1. The summed E-state index contributed by atoms with van der Waals surface area (Å²) in [6.07, 6.45) is 3.68. The van der Waals surface area contributed by atoms with E-state index in [4.69, 9.17) is 9.68 Å². The van der Waals surface area contributed by atoms with Crippen molar-refractivity contribution in [3.8, 4) is 0 Å². The largest absolute Gasteiger partial charge is 0.385 e. The zero-order valence-electron chi connectivity index (χ0n) is 18.5. The summed E-state index contributed by atoms with van der Waals surface area (Å²) in [4.78, 5) is 35.7. The van der Waals surface area contributed by atoms with Gasteiger partial charge in [0.05, 0.1) is 21.2 Å². The van der Waals surface area contributed by atoms with Crippen molar-refractivity contribution in [2.45, 2.75) is 39.5 Å². The fourth-order valence-corrected chi connectivity index (χ4v) is 3.93. The lowest BCUT2D eigenvalue weighted by molar-refractivity contribution is -0.126. The molecule has 0 aliphatic carbocycles. The minimum Gasteiger partial charge on any atom is -0.385 e. The summed E-state index contributed by atoms with van der Waals surface area (Å²) >= 11 is 3.15. The highest BCUT2D eigenvalue weighted by Crippen LogP contribution is 2.10. The van der Waals surface area contributed by atoms with Gasteiger partial charge >= 0.3 is 0 Å². The van der Waals surface area contributed by atoms with Crippen LogP contribution in [0.1, 0.15) is 49.3 Å². The van der Waals surface area contributed by atoms with E-state index in [9.17, 15) is 9.59 Å². The van der Waals surface area contributed by atoms with Crippen LogP contribution < -0.4 is 10.6 Å². The molecule has 2 aromatic heterocycles. The molecule has 0 aliphatic heterocycles. The standard InChI is InChI=1S/C22H30N4O4S2/c1-17(19-9-7-13-31-19)25-29-15-21(27)23-11-5-3-4-6-12-24-22(28)16-30-26-18(2)20-10-8-14-32-20/h7-10,13-14H,3-6,11-12,15-16H2,1-2H3,(H,23,27)(H,24,28). The van der Waals surface area contributed by atoms with Crippen LogP contribution in [0, 0.1) is 0 Å². The molecule has 2 aromatic rings. The van der Waals surface area contributed by atoms with Crippen LogP contribution in [0.5, 0.6) is 0 Å². The molecular formula is C22H30N4O4S2. The summed E-state index contributed by atoms with van der Waals surface area (Å²) in [7, 11) is 0. The molecule has 8 nitrogen and oxygen atoms in total. The van der Waals surface area contributed by atoms with Gasteiger partial charge in [-0.15, -0.1) is 22.7 Å². The van der Waals surface area contributed by atoms with Crippen molar-refractivity contribution in [1.29, 1.82) is 0 Å². The van der Waals surface area contributed by atoms with Gasteiger partial charge in [-0.25, -0.2) is 0 Å². The van der Waals surface area contributed by atoms with Crippen molar-refractivity contribution < 1.29 is 19.3 Å². The van der Waals surface area contributed by atoms with E-state index in [2.05, 4.69) is 20.9 Å². The third kappa shape index (κ3) is 10.5. The molecule has 0 aliphatic rings. The number of carbonyl (C=O) groups is 2. The van der Waals surface area contributed by atoms with Gasteiger partial charge in [0.15, 0.2) is 13.2 Å². The van der Waals surface area contributed by atoms with E-state index in [1.54, 1.807) is 22.7 Å². The van der Waals surface area contributed by atoms with E-state index in [1.165, 1.54) is 0 Å². The second-order valence-corrected chi connectivity index (χ2v) is 8.86. The number of nitrogens with zero attached hydrogens (tertiary/aromatic N) is 2. The van der Waals surface area contributed by atoms with Gasteiger partial charge in [0.25, 0.3) is 11.8 Å². The van der Waals surface area contributed by atoms with Crippen LogP contribution in [-0.2, 0) is 19.3 Å². The summed E-state index contributed by atoms with van der Waals surface area (Å²) in [5, 5.41) is 17.5. The average Bonchev–Trinajstić information content (AvgIpc) is 3.50. The molecule has 32 heavy (non-hydrogen) atoms. The highest BCUT2D eigenvalue weighted by atomic mass is 32.1. The predicted molar refractivity (Wildman–Crippen MR) is 129 cm³/mol. The summed E-state index contributed by atoms with van der Waals surface area (Å²) in [6, 6.07) is 7.79. The van der Waals surface area contributed by atoms with Crippen LogP contribution in [0.25, 0.3) is 0 Å². The number of hydrogen-bond acceptors (Lipinski definition) is 8. The van der Waals surface area contributed by atoms with Gasteiger partial charge in [-0.2, -0.15) is 0 Å². The van der Waals surface area contributed by atoms with E-state index >= 15 is 0 Å². The lowest BCUT2D eigenvalue weighted by atomic mass is 10.2. The van der Waals surface area contributed by atoms with E-state index in [0.29, 0.717) is 13.1 Å². The molecule has 0 atom stereocenters. The molecule has 0 saturated heterocycles. The van der Waals surface area contributed by atoms with Gasteiger partial charge in [-0.05, 0) is 49.6 Å². The topological polar surface area (TPSA) is 101 Å². The normalized spacial score (nSPS) is 11.8. The molecule has 2 heterocycles. The molecule has 2 N–H and O–H groups in total. The van der Waals surface area contributed by atoms with Crippen LogP contribution in [0.2, 0.25) is 0 Å². The highest BCUT2D eigenvalue weighted by molar-refractivity contribution is 7.12. The first-order valence-corrected chi connectivity index (χ1v) is 12.3. The minimum atomic E-state index is -0.183. The van der Waals surface area contributed by atoms with Gasteiger partial charge in [-0.3, -0.25) is 9.59 Å². The zero-order valence-corrected chi connectivity index (χ0v) is 20.1. The highest BCUT2D eigenvalue weighted by Gasteiger charge is 2.04. The summed E-state index contributed by atoms with van der Waals surface area (Å²) < 4.78 is 0. The smallest absolute Gasteiger partial charge is 0.260 e. The van der Waals surface area contributed by atoms with Crippen LogP contribution in [0.15, 0.2) is 45.3 Å². The molecule has 0 aromatic carbocycles. The first-order valence-electron chi connectivity index (χ1n) is 10.5. The number of thiophene rings is 2. The Hall–Kier alpha value is -2.72. The van der Waals surface area contributed by atoms with Crippen LogP contribution in [0.3, 0.4) is 0 Å². The zero-order chi connectivity index (χ0) is 23.0. The summed E-state index contributed by atoms with van der Waals surface area (Å²) in [5.41, 5.74) is 1.51. The fraction of sp³-hybridized carbons (Fsp3) is 0.455. The molecule has 10 heteroatoms. The molecule has 0 radical (unpaired) electrons. The Morgan fingerprint density at radius 2 is 1.22 bits per heavy atom. The summed E-state index contributed by atoms with van der Waals surface area (Å²) in [5.74, 6) is -0.367. The molecule has 174 valence electrons. The van der Waals surface area contributed by atoms with Crippen molar-refractivity contribution in [3.63, 3.8) is 0 Å². The Morgan fingerprint density at radius 1 is 0.781 bits per heavy atom. The number of oxime groups is 2. The Bertz CT molecular complexity index is 792. The monoisotopic (exact) mass is 478 g/mol. The molecule has 0 saturated carbocycles. The van der Waals surface area contributed by atoms with Crippen molar-refractivity contribution in [1.82, 2.24) is 10.6 Å². The first kappa shape index (κ1) is 25.5. The molecule has 0 fully saturated rings. The number of nitrogens with one attached hydrogen (secondary N) is 2. The second kappa shape index (κ2) is 15.1. The lowest BCUT2D eigenvalue weighted by Crippen LogP contribution is -2.28. The fourth-order valence-electron chi connectivity index (χ4n) is 2.60. The van der Waals surface area contributed by atoms with E-state index in [-0.39, 0.29) is 25.0 Å². The summed E-state index contributed by atoms with van der Waals surface area (Å²) in [6.45, 7) is 4.71. The maximum atomic E-state index is 11.7. The van der Waals surface area contributed by atoms with Gasteiger partial charge < -0.3 is 20.3 Å². The van der Waals surface area contributed by atoms with Crippen molar-refractivity contribution >= 4 is 45.9 Å². The number of hydrogen-bond donors (Lipinski definition) is 2. The average molecular weight is 479 g/mol. The maximum absolute atomic E-state index is 11.7. The van der Waals surface area contributed by atoms with E-state index < -0.39 is 0 Å². The lowest BCUT2D eigenvalue weighted by Gasteiger charge is -2.06.